The molecule has 0 aliphatic rings. The molecular formula is C7H9N. The lowest BCUT2D eigenvalue weighted by Crippen LogP contribution is -2.05. The smallest absolute Gasteiger partial charge is 0.0227 e. The Balaban J connectivity index is 3.06. The minimum absolute atomic E-state index is 0.911. The lowest BCUT2D eigenvalue weighted by atomic mass is 10.5. The molecule has 0 heterocycles. The fourth-order valence-electron chi connectivity index (χ4n) is 0.268. The first-order valence-corrected chi connectivity index (χ1v) is 2.60. The van der Waals surface area contributed by atoms with Gasteiger partial charge in [0.1, 0.15) is 0 Å². The third-order valence-corrected chi connectivity index (χ3v) is 0.598. The SMILES string of the molecule is C#CC#CNCCC. The van der Waals surface area contributed by atoms with E-state index in [-0.39, 0.29) is 0 Å². The van der Waals surface area contributed by atoms with E-state index in [4.69, 9.17) is 6.42 Å². The van der Waals surface area contributed by atoms with Crippen molar-refractivity contribution in [1.29, 1.82) is 0 Å². The first-order chi connectivity index (χ1) is 3.91. The largest absolute Gasteiger partial charge is 0.345 e. The van der Waals surface area contributed by atoms with Crippen LogP contribution in [0, 0.1) is 24.3 Å². The molecule has 0 rings (SSSR count). The summed E-state index contributed by atoms with van der Waals surface area (Å²) in [5.74, 6) is 4.65. The summed E-state index contributed by atoms with van der Waals surface area (Å²) in [5.41, 5.74) is 0. The Morgan fingerprint density at radius 3 is 2.88 bits per heavy atom. The number of nitrogens with one attached hydrogen (secondary N) is 1. The standard InChI is InChI=1S/C7H9N/c1-3-5-7-8-6-4-2/h1,8H,4,6H2,2H3. The maximum Gasteiger partial charge on any atom is 0.0227 e. The second-order valence-corrected chi connectivity index (χ2v) is 1.32. The molecule has 0 fully saturated rings. The molecule has 0 aromatic carbocycles. The highest BCUT2D eigenvalue weighted by atomic mass is 14.8. The van der Waals surface area contributed by atoms with E-state index in [1.165, 1.54) is 0 Å². The Kier molecular flexibility index (Phi) is 5.12. The van der Waals surface area contributed by atoms with E-state index < -0.39 is 0 Å². The van der Waals surface area contributed by atoms with E-state index in [1.807, 2.05) is 0 Å². The van der Waals surface area contributed by atoms with Gasteiger partial charge in [0, 0.05) is 18.5 Å². The van der Waals surface area contributed by atoms with Crippen molar-refractivity contribution < 1.29 is 0 Å². The van der Waals surface area contributed by atoms with E-state index in [9.17, 15) is 0 Å². The van der Waals surface area contributed by atoms with Crippen LogP contribution in [0.5, 0.6) is 0 Å². The third-order valence-electron chi connectivity index (χ3n) is 0.598. The van der Waals surface area contributed by atoms with Crippen LogP contribution in [0.4, 0.5) is 0 Å². The summed E-state index contributed by atoms with van der Waals surface area (Å²) in [6.07, 6.45) is 5.93. The molecular weight excluding hydrogens is 98.1 g/mol. The maximum atomic E-state index is 4.85. The van der Waals surface area contributed by atoms with E-state index in [2.05, 4.69) is 30.1 Å². The number of rotatable bonds is 2. The summed E-state index contributed by atoms with van der Waals surface area (Å²) >= 11 is 0. The van der Waals surface area contributed by atoms with Crippen molar-refractivity contribution in [2.45, 2.75) is 13.3 Å². The summed E-state index contributed by atoms with van der Waals surface area (Å²) in [4.78, 5) is 0. The third kappa shape index (κ3) is 4.92. The molecule has 1 nitrogen and oxygen atoms in total. The molecule has 1 N–H and O–H groups in total. The lowest BCUT2D eigenvalue weighted by Gasteiger charge is -1.87. The van der Waals surface area contributed by atoms with Gasteiger partial charge in [-0.05, 0) is 12.3 Å². The Labute approximate surface area is 50.5 Å². The van der Waals surface area contributed by atoms with Gasteiger partial charge >= 0.3 is 0 Å². The van der Waals surface area contributed by atoms with Gasteiger partial charge < -0.3 is 5.32 Å². The average molecular weight is 107 g/mol. The van der Waals surface area contributed by atoms with Crippen molar-refractivity contribution in [3.05, 3.63) is 0 Å². The minimum Gasteiger partial charge on any atom is -0.345 e. The zero-order valence-corrected chi connectivity index (χ0v) is 4.99. The summed E-state index contributed by atoms with van der Waals surface area (Å²) < 4.78 is 0. The summed E-state index contributed by atoms with van der Waals surface area (Å²) in [6.45, 7) is 2.99. The second kappa shape index (κ2) is 5.92. The molecule has 0 amide bonds. The van der Waals surface area contributed by atoms with Crippen molar-refractivity contribution in [3.63, 3.8) is 0 Å². The van der Waals surface area contributed by atoms with Gasteiger partial charge in [0.15, 0.2) is 0 Å². The van der Waals surface area contributed by atoms with Crippen molar-refractivity contribution >= 4 is 0 Å². The molecule has 42 valence electrons. The molecule has 8 heavy (non-hydrogen) atoms. The Morgan fingerprint density at radius 2 is 2.38 bits per heavy atom. The van der Waals surface area contributed by atoms with Crippen LogP contribution in [0.25, 0.3) is 0 Å². The van der Waals surface area contributed by atoms with Crippen LogP contribution in [0.1, 0.15) is 13.3 Å². The molecule has 0 aromatic rings. The molecule has 0 atom stereocenters. The topological polar surface area (TPSA) is 12.0 Å². The molecule has 1 heteroatoms. The van der Waals surface area contributed by atoms with E-state index in [1.54, 1.807) is 0 Å². The number of terminal acetylenes is 1. The molecule has 0 bridgehead atoms. The summed E-state index contributed by atoms with van der Waals surface area (Å²) in [7, 11) is 0. The quantitative estimate of drug-likeness (QED) is 0.309. The van der Waals surface area contributed by atoms with E-state index in [0.29, 0.717) is 0 Å². The van der Waals surface area contributed by atoms with Crippen molar-refractivity contribution in [1.82, 2.24) is 5.32 Å². The van der Waals surface area contributed by atoms with Gasteiger partial charge in [0.25, 0.3) is 0 Å². The number of hydrogen-bond acceptors (Lipinski definition) is 1. The van der Waals surface area contributed by atoms with Gasteiger partial charge in [0.2, 0.25) is 0 Å². The second-order valence-electron chi connectivity index (χ2n) is 1.32. The van der Waals surface area contributed by atoms with E-state index in [0.717, 1.165) is 13.0 Å². The van der Waals surface area contributed by atoms with Crippen LogP contribution in [-0.2, 0) is 0 Å². The van der Waals surface area contributed by atoms with Crippen molar-refractivity contribution in [2.75, 3.05) is 6.54 Å². The predicted molar refractivity (Wildman–Crippen MR) is 34.9 cm³/mol. The predicted octanol–water partition coefficient (Wildman–Crippen LogP) is 0.580. The average Bonchev–Trinajstić information content (AvgIpc) is 1.81. The molecule has 0 radical (unpaired) electrons. The fourth-order valence-corrected chi connectivity index (χ4v) is 0.268. The highest BCUT2D eigenvalue weighted by Crippen LogP contribution is 1.64. The highest BCUT2D eigenvalue weighted by molar-refractivity contribution is 5.20. The van der Waals surface area contributed by atoms with Crippen LogP contribution in [0.2, 0.25) is 0 Å². The van der Waals surface area contributed by atoms with Crippen LogP contribution >= 0.6 is 0 Å². The minimum atomic E-state index is 0.911. The first-order valence-electron chi connectivity index (χ1n) is 2.60. The van der Waals surface area contributed by atoms with Gasteiger partial charge in [-0.25, -0.2) is 0 Å². The van der Waals surface area contributed by atoms with Gasteiger partial charge in [-0.1, -0.05) is 6.92 Å². The molecule has 0 aliphatic carbocycles. The van der Waals surface area contributed by atoms with Crippen molar-refractivity contribution in [2.24, 2.45) is 0 Å². The lowest BCUT2D eigenvalue weighted by molar-refractivity contribution is 0.829. The summed E-state index contributed by atoms with van der Waals surface area (Å²) in [6, 6.07) is 2.60. The van der Waals surface area contributed by atoms with Crippen LogP contribution in [-0.4, -0.2) is 6.54 Å². The van der Waals surface area contributed by atoms with Gasteiger partial charge in [-0.3, -0.25) is 0 Å². The molecule has 0 saturated heterocycles. The Morgan fingerprint density at radius 1 is 1.62 bits per heavy atom. The number of hydrogen-bond donors (Lipinski definition) is 1. The van der Waals surface area contributed by atoms with Crippen LogP contribution in [0.3, 0.4) is 0 Å². The van der Waals surface area contributed by atoms with Gasteiger partial charge in [-0.15, -0.1) is 6.42 Å². The van der Waals surface area contributed by atoms with Crippen LogP contribution < -0.4 is 5.32 Å². The van der Waals surface area contributed by atoms with Gasteiger partial charge in [0.05, 0.1) is 0 Å². The monoisotopic (exact) mass is 107 g/mol. The Bertz CT molecular complexity index is 131. The first kappa shape index (κ1) is 6.92. The van der Waals surface area contributed by atoms with E-state index >= 15 is 0 Å². The highest BCUT2D eigenvalue weighted by Gasteiger charge is 1.68. The maximum absolute atomic E-state index is 4.85. The Hall–Kier alpha value is -1.08. The van der Waals surface area contributed by atoms with Crippen molar-refractivity contribution in [3.8, 4) is 24.3 Å². The molecule has 0 unspecified atom stereocenters. The normalized spacial score (nSPS) is 6.00. The van der Waals surface area contributed by atoms with Crippen LogP contribution in [0.15, 0.2) is 0 Å². The zero-order chi connectivity index (χ0) is 6.24. The molecule has 0 saturated carbocycles. The molecule has 0 aliphatic heterocycles. The molecule has 0 aromatic heterocycles. The zero-order valence-electron chi connectivity index (χ0n) is 4.99. The molecule has 0 spiro atoms. The van der Waals surface area contributed by atoms with Gasteiger partial charge in [-0.2, -0.15) is 0 Å². The summed E-state index contributed by atoms with van der Waals surface area (Å²) in [5, 5.41) is 2.83. The fraction of sp³-hybridized carbons (Fsp3) is 0.429.